The molecule has 0 aromatic heterocycles. The van der Waals surface area contributed by atoms with Crippen LogP contribution in [0.3, 0.4) is 0 Å². The normalized spacial score (nSPS) is 39.7. The standard InChI is InChI=1S/C14H25N3O2/c18-13(12-9-15-6-7-16-12)17-8-5-14(19)4-2-1-3-11(14)10-17/h11-12,15-16,19H,1-10H2. The summed E-state index contributed by atoms with van der Waals surface area (Å²) in [7, 11) is 0. The topological polar surface area (TPSA) is 64.6 Å². The minimum atomic E-state index is -0.493. The number of piperazine rings is 1. The second-order valence-corrected chi connectivity index (χ2v) is 6.29. The lowest BCUT2D eigenvalue weighted by atomic mass is 9.71. The Labute approximate surface area is 114 Å². The third-order valence-electron chi connectivity index (χ3n) is 5.08. The highest BCUT2D eigenvalue weighted by molar-refractivity contribution is 5.82. The van der Waals surface area contributed by atoms with Crippen LogP contribution >= 0.6 is 0 Å². The van der Waals surface area contributed by atoms with Crippen LogP contribution in [0.5, 0.6) is 0 Å². The zero-order chi connectivity index (χ0) is 13.3. The first-order valence-corrected chi connectivity index (χ1v) is 7.64. The Hall–Kier alpha value is -0.650. The Kier molecular flexibility index (Phi) is 3.78. The maximum absolute atomic E-state index is 12.5. The predicted octanol–water partition coefficient (Wildman–Crippen LogP) is -0.299. The van der Waals surface area contributed by atoms with Gasteiger partial charge in [0.05, 0.1) is 11.6 Å². The van der Waals surface area contributed by atoms with Crippen molar-refractivity contribution >= 4 is 5.91 Å². The van der Waals surface area contributed by atoms with Gasteiger partial charge < -0.3 is 20.6 Å². The molecule has 1 amide bonds. The van der Waals surface area contributed by atoms with Crippen molar-refractivity contribution in [3.8, 4) is 0 Å². The molecule has 5 nitrogen and oxygen atoms in total. The van der Waals surface area contributed by atoms with Gasteiger partial charge in [-0.2, -0.15) is 0 Å². The quantitative estimate of drug-likeness (QED) is 0.610. The smallest absolute Gasteiger partial charge is 0.241 e. The van der Waals surface area contributed by atoms with Crippen LogP contribution in [0.2, 0.25) is 0 Å². The van der Waals surface area contributed by atoms with E-state index in [1.807, 2.05) is 4.90 Å². The minimum absolute atomic E-state index is 0.0801. The summed E-state index contributed by atoms with van der Waals surface area (Å²) >= 11 is 0. The van der Waals surface area contributed by atoms with Crippen molar-refractivity contribution in [3.63, 3.8) is 0 Å². The van der Waals surface area contributed by atoms with Gasteiger partial charge in [0.15, 0.2) is 0 Å². The van der Waals surface area contributed by atoms with Crippen LogP contribution in [-0.2, 0) is 4.79 Å². The summed E-state index contributed by atoms with van der Waals surface area (Å²) in [6.07, 6.45) is 5.07. The lowest BCUT2D eigenvalue weighted by Gasteiger charge is -2.48. The Balaban J connectivity index is 1.62. The van der Waals surface area contributed by atoms with Crippen molar-refractivity contribution in [3.05, 3.63) is 0 Å². The number of amides is 1. The van der Waals surface area contributed by atoms with Crippen molar-refractivity contribution in [1.29, 1.82) is 0 Å². The molecule has 1 saturated carbocycles. The van der Waals surface area contributed by atoms with Gasteiger partial charge in [-0.25, -0.2) is 0 Å². The van der Waals surface area contributed by atoms with Crippen molar-refractivity contribution in [2.24, 2.45) is 5.92 Å². The first kappa shape index (κ1) is 13.3. The number of carbonyl (C=O) groups is 1. The molecule has 19 heavy (non-hydrogen) atoms. The Morgan fingerprint density at radius 1 is 1.26 bits per heavy atom. The molecule has 3 atom stereocenters. The summed E-state index contributed by atoms with van der Waals surface area (Å²) in [5.74, 6) is 0.496. The lowest BCUT2D eigenvalue weighted by molar-refractivity contribution is -0.145. The van der Waals surface area contributed by atoms with Gasteiger partial charge in [-0.1, -0.05) is 12.8 Å². The van der Waals surface area contributed by atoms with E-state index in [0.717, 1.165) is 51.9 Å². The summed E-state index contributed by atoms with van der Waals surface area (Å²) in [6, 6.07) is -0.0801. The predicted molar refractivity (Wildman–Crippen MR) is 72.8 cm³/mol. The molecule has 0 spiro atoms. The molecule has 3 fully saturated rings. The van der Waals surface area contributed by atoms with E-state index in [2.05, 4.69) is 10.6 Å². The molecule has 1 aliphatic carbocycles. The van der Waals surface area contributed by atoms with E-state index in [1.165, 1.54) is 6.42 Å². The SMILES string of the molecule is O=C(C1CNCCN1)N1CCC2(O)CCCCC2C1. The Bertz CT molecular complexity index is 344. The molecular weight excluding hydrogens is 242 g/mol. The minimum Gasteiger partial charge on any atom is -0.389 e. The van der Waals surface area contributed by atoms with Crippen LogP contribution in [0.1, 0.15) is 32.1 Å². The van der Waals surface area contributed by atoms with Crippen LogP contribution in [0.25, 0.3) is 0 Å². The van der Waals surface area contributed by atoms with Crippen molar-refractivity contribution in [2.45, 2.75) is 43.7 Å². The second-order valence-electron chi connectivity index (χ2n) is 6.29. The van der Waals surface area contributed by atoms with E-state index in [-0.39, 0.29) is 17.9 Å². The van der Waals surface area contributed by atoms with Crippen LogP contribution in [0.15, 0.2) is 0 Å². The molecule has 0 aromatic rings. The third kappa shape index (κ3) is 2.64. The number of nitrogens with zero attached hydrogens (tertiary/aromatic N) is 1. The third-order valence-corrected chi connectivity index (χ3v) is 5.08. The molecule has 2 saturated heterocycles. The maximum atomic E-state index is 12.5. The molecular formula is C14H25N3O2. The van der Waals surface area contributed by atoms with E-state index in [4.69, 9.17) is 0 Å². The number of hydrogen-bond donors (Lipinski definition) is 3. The van der Waals surface area contributed by atoms with E-state index < -0.39 is 5.60 Å². The number of likely N-dealkylation sites (tertiary alicyclic amines) is 1. The molecule has 2 heterocycles. The number of hydrogen-bond acceptors (Lipinski definition) is 4. The summed E-state index contributed by atoms with van der Waals surface area (Å²) in [5, 5.41) is 17.2. The van der Waals surface area contributed by atoms with Gasteiger partial charge in [0.25, 0.3) is 0 Å². The molecule has 0 bridgehead atoms. The molecule has 108 valence electrons. The average Bonchev–Trinajstić information content (AvgIpc) is 2.46. The number of carbonyl (C=O) groups excluding carboxylic acids is 1. The fourth-order valence-corrected chi connectivity index (χ4v) is 3.82. The van der Waals surface area contributed by atoms with Crippen molar-refractivity contribution < 1.29 is 9.90 Å². The van der Waals surface area contributed by atoms with Crippen LogP contribution in [-0.4, -0.2) is 60.3 Å². The molecule has 3 rings (SSSR count). The molecule has 3 N–H and O–H groups in total. The van der Waals surface area contributed by atoms with Crippen molar-refractivity contribution in [1.82, 2.24) is 15.5 Å². The number of piperidine rings is 1. The fraction of sp³-hybridized carbons (Fsp3) is 0.929. The van der Waals surface area contributed by atoms with E-state index >= 15 is 0 Å². The van der Waals surface area contributed by atoms with Gasteiger partial charge in [0, 0.05) is 38.6 Å². The van der Waals surface area contributed by atoms with Gasteiger partial charge in [-0.05, 0) is 19.3 Å². The molecule has 0 radical (unpaired) electrons. The summed E-state index contributed by atoms with van der Waals surface area (Å²) in [5.41, 5.74) is -0.493. The van der Waals surface area contributed by atoms with Gasteiger partial charge in [0.1, 0.15) is 0 Å². The molecule has 0 aromatic carbocycles. The highest BCUT2D eigenvalue weighted by Gasteiger charge is 2.44. The Morgan fingerprint density at radius 2 is 2.16 bits per heavy atom. The van der Waals surface area contributed by atoms with Gasteiger partial charge in [-0.3, -0.25) is 4.79 Å². The van der Waals surface area contributed by atoms with Crippen LogP contribution in [0, 0.1) is 5.92 Å². The first-order valence-electron chi connectivity index (χ1n) is 7.64. The van der Waals surface area contributed by atoms with Crippen LogP contribution < -0.4 is 10.6 Å². The van der Waals surface area contributed by atoms with Crippen LogP contribution in [0.4, 0.5) is 0 Å². The fourth-order valence-electron chi connectivity index (χ4n) is 3.82. The van der Waals surface area contributed by atoms with E-state index in [1.54, 1.807) is 0 Å². The average molecular weight is 267 g/mol. The number of aliphatic hydroxyl groups is 1. The highest BCUT2D eigenvalue weighted by atomic mass is 16.3. The largest absolute Gasteiger partial charge is 0.389 e. The van der Waals surface area contributed by atoms with E-state index in [9.17, 15) is 9.90 Å². The van der Waals surface area contributed by atoms with Gasteiger partial charge >= 0.3 is 0 Å². The summed E-state index contributed by atoms with van der Waals surface area (Å²) in [4.78, 5) is 14.4. The molecule has 2 aliphatic heterocycles. The van der Waals surface area contributed by atoms with Gasteiger partial charge in [0.2, 0.25) is 5.91 Å². The monoisotopic (exact) mass is 267 g/mol. The second kappa shape index (κ2) is 5.38. The number of rotatable bonds is 1. The van der Waals surface area contributed by atoms with Gasteiger partial charge in [-0.15, -0.1) is 0 Å². The molecule has 3 aliphatic rings. The zero-order valence-corrected chi connectivity index (χ0v) is 11.5. The lowest BCUT2D eigenvalue weighted by Crippen LogP contribution is -2.61. The maximum Gasteiger partial charge on any atom is 0.241 e. The Morgan fingerprint density at radius 3 is 2.95 bits per heavy atom. The zero-order valence-electron chi connectivity index (χ0n) is 11.5. The molecule has 3 unspecified atom stereocenters. The van der Waals surface area contributed by atoms with E-state index in [0.29, 0.717) is 6.54 Å². The summed E-state index contributed by atoms with van der Waals surface area (Å²) < 4.78 is 0. The molecule has 5 heteroatoms. The number of nitrogens with one attached hydrogen (secondary N) is 2. The van der Waals surface area contributed by atoms with Crippen molar-refractivity contribution in [2.75, 3.05) is 32.7 Å². The number of fused-ring (bicyclic) bond motifs is 1. The summed E-state index contributed by atoms with van der Waals surface area (Å²) in [6.45, 7) is 3.98. The first-order chi connectivity index (χ1) is 9.19. The highest BCUT2D eigenvalue weighted by Crippen LogP contribution is 2.39.